The lowest BCUT2D eigenvalue weighted by Gasteiger charge is -2.13. The molecular formula is C21H26FN5O. The van der Waals surface area contributed by atoms with Gasteiger partial charge in [0.2, 0.25) is 0 Å². The molecule has 0 bridgehead atoms. The van der Waals surface area contributed by atoms with E-state index in [2.05, 4.69) is 31.2 Å². The van der Waals surface area contributed by atoms with Gasteiger partial charge in [0.05, 0.1) is 18.1 Å². The monoisotopic (exact) mass is 383 g/mol. The Balaban J connectivity index is 1.48. The lowest BCUT2D eigenvalue weighted by atomic mass is 10.2. The van der Waals surface area contributed by atoms with Gasteiger partial charge in [0, 0.05) is 26.7 Å². The molecule has 0 atom stereocenters. The molecule has 0 amide bonds. The number of benzene rings is 2. The van der Waals surface area contributed by atoms with E-state index in [0.29, 0.717) is 12.5 Å². The maximum Gasteiger partial charge on any atom is 0.191 e. The van der Waals surface area contributed by atoms with E-state index < -0.39 is 0 Å². The second kappa shape index (κ2) is 9.21. The number of methoxy groups -OCH3 is 1. The van der Waals surface area contributed by atoms with Crippen molar-refractivity contribution in [3.63, 3.8) is 0 Å². The molecule has 6 nitrogen and oxygen atoms in total. The minimum absolute atomic E-state index is 0.244. The maximum atomic E-state index is 13.8. The molecule has 0 aliphatic carbocycles. The summed E-state index contributed by atoms with van der Waals surface area (Å²) in [5.41, 5.74) is 3.00. The summed E-state index contributed by atoms with van der Waals surface area (Å²) in [6.07, 6.45) is 0.930. The summed E-state index contributed by atoms with van der Waals surface area (Å²) in [5.74, 6) is 1.58. The topological polar surface area (TPSA) is 63.5 Å². The van der Waals surface area contributed by atoms with Gasteiger partial charge in [0.15, 0.2) is 17.5 Å². The smallest absolute Gasteiger partial charge is 0.191 e. The van der Waals surface area contributed by atoms with Crippen molar-refractivity contribution < 1.29 is 9.13 Å². The molecule has 0 spiro atoms. The number of aliphatic imine (C=N–C) groups is 1. The first-order valence-electron chi connectivity index (χ1n) is 9.31. The van der Waals surface area contributed by atoms with Gasteiger partial charge in [-0.3, -0.25) is 4.99 Å². The predicted molar refractivity (Wildman–Crippen MR) is 110 cm³/mol. The molecule has 0 radical (unpaired) electrons. The van der Waals surface area contributed by atoms with Crippen LogP contribution in [0, 0.1) is 12.7 Å². The number of para-hydroxylation sites is 2. The number of nitrogens with one attached hydrogen (secondary N) is 2. The number of rotatable bonds is 7. The number of fused-ring (bicyclic) bond motifs is 1. The van der Waals surface area contributed by atoms with Crippen molar-refractivity contribution in [2.24, 2.45) is 4.99 Å². The maximum absolute atomic E-state index is 13.8. The third-order valence-electron chi connectivity index (χ3n) is 4.60. The normalized spacial score (nSPS) is 11.6. The van der Waals surface area contributed by atoms with Gasteiger partial charge < -0.3 is 19.9 Å². The molecule has 3 rings (SSSR count). The number of aromatic nitrogens is 2. The largest absolute Gasteiger partial charge is 0.494 e. The van der Waals surface area contributed by atoms with Crippen LogP contribution in [0.2, 0.25) is 0 Å². The van der Waals surface area contributed by atoms with Crippen LogP contribution in [0.5, 0.6) is 5.75 Å². The number of halogens is 1. The van der Waals surface area contributed by atoms with Gasteiger partial charge in [-0.25, -0.2) is 9.37 Å². The first kappa shape index (κ1) is 19.7. The summed E-state index contributed by atoms with van der Waals surface area (Å²) >= 11 is 0. The molecule has 0 aliphatic rings. The number of guanidine groups is 1. The fourth-order valence-corrected chi connectivity index (χ4v) is 3.15. The van der Waals surface area contributed by atoms with Crippen molar-refractivity contribution in [3.05, 3.63) is 59.7 Å². The summed E-state index contributed by atoms with van der Waals surface area (Å²) < 4.78 is 20.9. The van der Waals surface area contributed by atoms with E-state index in [1.807, 2.05) is 31.2 Å². The highest BCUT2D eigenvalue weighted by Gasteiger charge is 2.07. The molecule has 2 N–H and O–H groups in total. The fraction of sp³-hybridized carbons (Fsp3) is 0.333. The van der Waals surface area contributed by atoms with Crippen molar-refractivity contribution >= 4 is 17.0 Å². The summed E-state index contributed by atoms with van der Waals surface area (Å²) in [6, 6.07) is 13.1. The molecule has 0 unspecified atom stereocenters. The van der Waals surface area contributed by atoms with E-state index in [0.717, 1.165) is 41.9 Å². The molecule has 28 heavy (non-hydrogen) atoms. The van der Waals surface area contributed by atoms with Crippen LogP contribution in [0.1, 0.15) is 17.8 Å². The summed E-state index contributed by atoms with van der Waals surface area (Å²) in [6.45, 7) is 4.15. The highest BCUT2D eigenvalue weighted by molar-refractivity contribution is 5.79. The molecule has 0 aliphatic heterocycles. The lowest BCUT2D eigenvalue weighted by Crippen LogP contribution is -2.37. The summed E-state index contributed by atoms with van der Waals surface area (Å²) in [5, 5.41) is 6.49. The second-order valence-corrected chi connectivity index (χ2v) is 6.47. The van der Waals surface area contributed by atoms with Crippen LogP contribution in [0.3, 0.4) is 0 Å². The Kier molecular flexibility index (Phi) is 6.47. The number of nitrogens with zero attached hydrogens (tertiary/aromatic N) is 3. The lowest BCUT2D eigenvalue weighted by molar-refractivity contribution is 0.386. The van der Waals surface area contributed by atoms with Gasteiger partial charge in [-0.2, -0.15) is 0 Å². The third kappa shape index (κ3) is 4.60. The first-order chi connectivity index (χ1) is 13.6. The second-order valence-electron chi connectivity index (χ2n) is 6.47. The predicted octanol–water partition coefficient (Wildman–Crippen LogP) is 3.25. The Morgan fingerprint density at radius 1 is 1.21 bits per heavy atom. The van der Waals surface area contributed by atoms with Crippen LogP contribution >= 0.6 is 0 Å². The van der Waals surface area contributed by atoms with E-state index in [4.69, 9.17) is 4.74 Å². The number of imidazole rings is 1. The highest BCUT2D eigenvalue weighted by Crippen LogP contribution is 2.17. The molecule has 0 saturated carbocycles. The zero-order valence-electron chi connectivity index (χ0n) is 16.5. The fourth-order valence-electron chi connectivity index (χ4n) is 3.15. The van der Waals surface area contributed by atoms with Crippen LogP contribution in [0.4, 0.5) is 4.39 Å². The van der Waals surface area contributed by atoms with Crippen molar-refractivity contribution in [1.29, 1.82) is 0 Å². The van der Waals surface area contributed by atoms with Gasteiger partial charge in [-0.15, -0.1) is 0 Å². The van der Waals surface area contributed by atoms with Gasteiger partial charge in [-0.05, 0) is 43.2 Å². The number of hydrogen-bond donors (Lipinski definition) is 2. The Bertz CT molecular complexity index is 967. The number of ether oxygens (including phenoxy) is 1. The molecular weight excluding hydrogens is 357 g/mol. The molecule has 1 heterocycles. The van der Waals surface area contributed by atoms with Crippen LogP contribution in [0.25, 0.3) is 11.0 Å². The van der Waals surface area contributed by atoms with Gasteiger partial charge >= 0.3 is 0 Å². The summed E-state index contributed by atoms with van der Waals surface area (Å²) in [4.78, 5) is 8.81. The van der Waals surface area contributed by atoms with Gasteiger partial charge in [-0.1, -0.05) is 18.2 Å². The average molecular weight is 383 g/mol. The van der Waals surface area contributed by atoms with Crippen LogP contribution in [0.15, 0.2) is 47.5 Å². The third-order valence-corrected chi connectivity index (χ3v) is 4.60. The SMILES string of the molecule is CN=C(NCCCn1c(C)nc2ccccc21)NCc1ccc(OC)c(F)c1. The molecule has 7 heteroatoms. The quantitative estimate of drug-likeness (QED) is 0.373. The Morgan fingerprint density at radius 3 is 2.79 bits per heavy atom. The van der Waals surface area contributed by atoms with Crippen LogP contribution < -0.4 is 15.4 Å². The van der Waals surface area contributed by atoms with Crippen LogP contribution in [-0.4, -0.2) is 36.2 Å². The molecule has 2 aromatic carbocycles. The van der Waals surface area contributed by atoms with Crippen LogP contribution in [-0.2, 0) is 13.1 Å². The zero-order chi connectivity index (χ0) is 19.9. The van der Waals surface area contributed by atoms with Crippen molar-refractivity contribution in [2.75, 3.05) is 20.7 Å². The van der Waals surface area contributed by atoms with E-state index in [1.54, 1.807) is 13.1 Å². The van der Waals surface area contributed by atoms with Gasteiger partial charge in [0.1, 0.15) is 5.82 Å². The number of hydrogen-bond acceptors (Lipinski definition) is 3. The van der Waals surface area contributed by atoms with E-state index in [-0.39, 0.29) is 11.6 Å². The van der Waals surface area contributed by atoms with Crippen molar-refractivity contribution in [1.82, 2.24) is 20.2 Å². The van der Waals surface area contributed by atoms with Crippen molar-refractivity contribution in [3.8, 4) is 5.75 Å². The molecule has 3 aromatic rings. The number of aryl methyl sites for hydroxylation is 2. The Labute approximate surface area is 164 Å². The minimum atomic E-state index is -0.368. The highest BCUT2D eigenvalue weighted by atomic mass is 19.1. The molecule has 1 aromatic heterocycles. The summed E-state index contributed by atoms with van der Waals surface area (Å²) in [7, 11) is 3.17. The van der Waals surface area contributed by atoms with E-state index in [9.17, 15) is 4.39 Å². The Hall–Kier alpha value is -3.09. The minimum Gasteiger partial charge on any atom is -0.494 e. The van der Waals surface area contributed by atoms with E-state index >= 15 is 0 Å². The standard InChI is InChI=1S/C21H26FN5O/c1-15-26-18-7-4-5-8-19(18)27(15)12-6-11-24-21(23-2)25-14-16-9-10-20(28-3)17(22)13-16/h4-5,7-10,13H,6,11-12,14H2,1-3H3,(H2,23,24,25). The van der Waals surface area contributed by atoms with Gasteiger partial charge in [0.25, 0.3) is 0 Å². The molecule has 148 valence electrons. The molecule has 0 fully saturated rings. The average Bonchev–Trinajstić information content (AvgIpc) is 3.02. The molecule has 0 saturated heterocycles. The van der Waals surface area contributed by atoms with E-state index in [1.165, 1.54) is 13.2 Å². The van der Waals surface area contributed by atoms with Crippen molar-refractivity contribution in [2.45, 2.75) is 26.4 Å². The Morgan fingerprint density at radius 2 is 2.04 bits per heavy atom. The first-order valence-corrected chi connectivity index (χ1v) is 9.31. The zero-order valence-corrected chi connectivity index (χ0v) is 16.5.